The second-order valence-electron chi connectivity index (χ2n) is 5.03. The molecule has 6 heteroatoms. The van der Waals surface area contributed by atoms with Crippen molar-refractivity contribution < 1.29 is 9.59 Å². The zero-order valence-corrected chi connectivity index (χ0v) is 13.5. The number of carbonyl (C=O) groups is 2. The summed E-state index contributed by atoms with van der Waals surface area (Å²) in [5.41, 5.74) is 6.97. The van der Waals surface area contributed by atoms with Crippen LogP contribution in [0.25, 0.3) is 0 Å². The van der Waals surface area contributed by atoms with Crippen molar-refractivity contribution in [2.75, 3.05) is 20.6 Å². The normalized spacial score (nSPS) is 12.8. The Morgan fingerprint density at radius 3 is 2.38 bits per heavy atom. The van der Waals surface area contributed by atoms with Gasteiger partial charge in [0.25, 0.3) is 0 Å². The minimum atomic E-state index is -0.584. The first-order chi connectivity index (χ1) is 9.45. The third-order valence-corrected chi connectivity index (χ3v) is 3.23. The fourth-order valence-electron chi connectivity index (χ4n) is 2.07. The molecule has 0 saturated heterocycles. The van der Waals surface area contributed by atoms with Gasteiger partial charge in [-0.3, -0.25) is 9.59 Å². The number of likely N-dealkylation sites (N-methyl/N-ethyl adjacent to an activating group) is 1. The minimum Gasteiger partial charge on any atom is -0.359 e. The zero-order valence-electron chi connectivity index (χ0n) is 12.7. The van der Waals surface area contributed by atoms with Crippen LogP contribution in [0.1, 0.15) is 12.5 Å². The highest BCUT2D eigenvalue weighted by atomic mass is 35.5. The molecule has 1 aromatic carbocycles. The van der Waals surface area contributed by atoms with Crippen LogP contribution >= 0.6 is 12.4 Å². The van der Waals surface area contributed by atoms with E-state index in [0.29, 0.717) is 13.0 Å². The van der Waals surface area contributed by atoms with Gasteiger partial charge in [-0.1, -0.05) is 37.3 Å². The summed E-state index contributed by atoms with van der Waals surface area (Å²) in [6, 6.07) is 9.07. The minimum absolute atomic E-state index is 0. The van der Waals surface area contributed by atoms with Crippen LogP contribution in [-0.2, 0) is 16.0 Å². The number of halogens is 1. The van der Waals surface area contributed by atoms with E-state index in [0.717, 1.165) is 5.56 Å². The molecule has 0 fully saturated rings. The van der Waals surface area contributed by atoms with Crippen LogP contribution in [0.4, 0.5) is 0 Å². The zero-order chi connectivity index (χ0) is 15.1. The van der Waals surface area contributed by atoms with Crippen molar-refractivity contribution in [1.82, 2.24) is 10.2 Å². The fourth-order valence-corrected chi connectivity index (χ4v) is 2.07. The van der Waals surface area contributed by atoms with Crippen LogP contribution in [-0.4, -0.2) is 43.4 Å². The molecule has 0 heterocycles. The first-order valence-corrected chi connectivity index (χ1v) is 6.71. The van der Waals surface area contributed by atoms with E-state index in [4.69, 9.17) is 5.73 Å². The largest absolute Gasteiger partial charge is 0.359 e. The Morgan fingerprint density at radius 2 is 1.86 bits per heavy atom. The highest BCUT2D eigenvalue weighted by molar-refractivity contribution is 5.85. The first kappa shape index (κ1) is 19.4. The molecule has 0 aromatic heterocycles. The van der Waals surface area contributed by atoms with E-state index in [9.17, 15) is 9.59 Å². The van der Waals surface area contributed by atoms with E-state index in [2.05, 4.69) is 5.32 Å². The van der Waals surface area contributed by atoms with E-state index in [1.54, 1.807) is 21.0 Å². The lowest BCUT2D eigenvalue weighted by Gasteiger charge is -2.24. The predicted octanol–water partition coefficient (Wildman–Crippen LogP) is 0.819. The van der Waals surface area contributed by atoms with Gasteiger partial charge in [0, 0.05) is 20.6 Å². The van der Waals surface area contributed by atoms with E-state index in [-0.39, 0.29) is 30.1 Å². The van der Waals surface area contributed by atoms with E-state index in [1.807, 2.05) is 30.3 Å². The number of hydrogen-bond donors (Lipinski definition) is 2. The van der Waals surface area contributed by atoms with E-state index >= 15 is 0 Å². The molecular weight excluding hydrogens is 290 g/mol. The lowest BCUT2D eigenvalue weighted by molar-refractivity contribution is -0.133. The molecule has 0 saturated carbocycles. The van der Waals surface area contributed by atoms with Gasteiger partial charge in [-0.05, 0) is 12.0 Å². The van der Waals surface area contributed by atoms with Crippen molar-refractivity contribution in [3.05, 3.63) is 35.9 Å². The van der Waals surface area contributed by atoms with Gasteiger partial charge in [0.2, 0.25) is 11.8 Å². The molecular formula is C15H24ClN3O2. The van der Waals surface area contributed by atoms with Crippen molar-refractivity contribution in [3.63, 3.8) is 0 Å². The molecule has 5 nitrogen and oxygen atoms in total. The molecule has 0 aliphatic heterocycles. The van der Waals surface area contributed by atoms with Crippen LogP contribution in [0.15, 0.2) is 30.3 Å². The number of nitrogens with one attached hydrogen (secondary N) is 1. The van der Waals surface area contributed by atoms with Gasteiger partial charge in [-0.25, -0.2) is 0 Å². The van der Waals surface area contributed by atoms with Gasteiger partial charge in [-0.15, -0.1) is 12.4 Å². The second kappa shape index (κ2) is 9.37. The highest BCUT2D eigenvalue weighted by Crippen LogP contribution is 2.05. The Labute approximate surface area is 132 Å². The average Bonchev–Trinajstić information content (AvgIpc) is 2.46. The SMILES string of the molecule is CNC(=O)C(C)CN(C)C(=O)[C@@H](N)Cc1ccccc1.Cl. The lowest BCUT2D eigenvalue weighted by atomic mass is 10.0. The molecule has 1 aromatic rings. The van der Waals surface area contributed by atoms with Crippen LogP contribution in [0.2, 0.25) is 0 Å². The average molecular weight is 314 g/mol. The summed E-state index contributed by atoms with van der Waals surface area (Å²) in [6.07, 6.45) is 0.498. The molecule has 3 N–H and O–H groups in total. The Balaban J connectivity index is 0.00000400. The molecule has 0 bridgehead atoms. The van der Waals surface area contributed by atoms with Gasteiger partial charge < -0.3 is 16.0 Å². The number of nitrogens with zero attached hydrogens (tertiary/aromatic N) is 1. The van der Waals surface area contributed by atoms with Gasteiger partial charge in [-0.2, -0.15) is 0 Å². The van der Waals surface area contributed by atoms with Crippen LogP contribution < -0.4 is 11.1 Å². The van der Waals surface area contributed by atoms with E-state index < -0.39 is 6.04 Å². The predicted molar refractivity (Wildman–Crippen MR) is 86.2 cm³/mol. The van der Waals surface area contributed by atoms with Crippen molar-refractivity contribution in [2.45, 2.75) is 19.4 Å². The summed E-state index contributed by atoms with van der Waals surface area (Å²) in [5, 5.41) is 2.57. The van der Waals surface area contributed by atoms with Gasteiger partial charge in [0.15, 0.2) is 0 Å². The number of hydrogen-bond acceptors (Lipinski definition) is 3. The molecule has 2 amide bonds. The molecule has 0 aliphatic rings. The van der Waals surface area contributed by atoms with Gasteiger partial charge >= 0.3 is 0 Å². The van der Waals surface area contributed by atoms with E-state index in [1.165, 1.54) is 4.90 Å². The molecule has 1 unspecified atom stereocenters. The maximum Gasteiger partial charge on any atom is 0.239 e. The van der Waals surface area contributed by atoms with Crippen LogP contribution in [0, 0.1) is 5.92 Å². The number of rotatable bonds is 6. The Kier molecular flexibility index (Phi) is 8.66. The molecule has 0 radical (unpaired) electrons. The van der Waals surface area contributed by atoms with Gasteiger partial charge in [0.05, 0.1) is 12.0 Å². The summed E-state index contributed by atoms with van der Waals surface area (Å²) < 4.78 is 0. The number of benzene rings is 1. The second-order valence-corrected chi connectivity index (χ2v) is 5.03. The summed E-state index contributed by atoms with van der Waals surface area (Å²) in [7, 11) is 3.26. The highest BCUT2D eigenvalue weighted by Gasteiger charge is 2.22. The molecule has 0 aliphatic carbocycles. The Bertz CT molecular complexity index is 453. The maximum atomic E-state index is 12.2. The summed E-state index contributed by atoms with van der Waals surface area (Å²) in [4.78, 5) is 25.1. The molecule has 1 rings (SSSR count). The Hall–Kier alpha value is -1.59. The van der Waals surface area contributed by atoms with Crippen LogP contribution in [0.5, 0.6) is 0 Å². The van der Waals surface area contributed by atoms with Crippen molar-refractivity contribution in [1.29, 1.82) is 0 Å². The topological polar surface area (TPSA) is 75.4 Å². The number of carbonyl (C=O) groups excluding carboxylic acids is 2. The maximum absolute atomic E-state index is 12.2. The van der Waals surface area contributed by atoms with Crippen molar-refractivity contribution in [3.8, 4) is 0 Å². The van der Waals surface area contributed by atoms with Crippen molar-refractivity contribution in [2.24, 2.45) is 11.7 Å². The first-order valence-electron chi connectivity index (χ1n) is 6.71. The fraction of sp³-hybridized carbons (Fsp3) is 0.467. The molecule has 21 heavy (non-hydrogen) atoms. The lowest BCUT2D eigenvalue weighted by Crippen LogP contribution is -2.46. The third kappa shape index (κ3) is 6.14. The third-order valence-electron chi connectivity index (χ3n) is 3.23. The molecule has 2 atom stereocenters. The summed E-state index contributed by atoms with van der Waals surface area (Å²) >= 11 is 0. The smallest absolute Gasteiger partial charge is 0.239 e. The summed E-state index contributed by atoms with van der Waals surface area (Å²) in [5.74, 6) is -0.483. The van der Waals surface area contributed by atoms with Crippen molar-refractivity contribution >= 4 is 24.2 Å². The number of amides is 2. The van der Waals surface area contributed by atoms with Crippen LogP contribution in [0.3, 0.4) is 0 Å². The number of nitrogens with two attached hydrogens (primary N) is 1. The summed E-state index contributed by atoms with van der Waals surface area (Å²) in [6.45, 7) is 2.15. The Morgan fingerprint density at radius 1 is 1.29 bits per heavy atom. The molecule has 0 spiro atoms. The molecule has 118 valence electrons. The quantitative estimate of drug-likeness (QED) is 0.816. The standard InChI is InChI=1S/C15H23N3O2.ClH/c1-11(14(19)17-2)10-18(3)15(20)13(16)9-12-7-5-4-6-8-12;/h4-8,11,13H,9-10,16H2,1-3H3,(H,17,19);1H/t11?,13-;/m0./s1. The van der Waals surface area contributed by atoms with Gasteiger partial charge in [0.1, 0.15) is 0 Å². The monoisotopic (exact) mass is 313 g/mol.